The number of carbonyl (C=O) groups excluding carboxylic acids is 2. The Hall–Kier alpha value is -3.46. The van der Waals surface area contributed by atoms with Crippen molar-refractivity contribution in [3.8, 4) is 17.2 Å². The van der Waals surface area contributed by atoms with Gasteiger partial charge in [-0.05, 0) is 67.6 Å². The highest BCUT2D eigenvalue weighted by atomic mass is 35.5. The van der Waals surface area contributed by atoms with E-state index >= 15 is 0 Å². The lowest BCUT2D eigenvalue weighted by Crippen LogP contribution is -2.58. The largest absolute Gasteiger partial charge is 0.493 e. The first-order valence-electron chi connectivity index (χ1n) is 15.2. The van der Waals surface area contributed by atoms with E-state index in [0.717, 1.165) is 24.1 Å². The van der Waals surface area contributed by atoms with Gasteiger partial charge in [0.2, 0.25) is 11.7 Å². The maximum Gasteiger partial charge on any atom is 0.254 e. The lowest BCUT2D eigenvalue weighted by atomic mass is 9.62. The quantitative estimate of drug-likeness (QED) is 0.303. The molecule has 2 fully saturated rings. The summed E-state index contributed by atoms with van der Waals surface area (Å²) >= 11 is 12.9. The number of rotatable bonds is 9. The number of nitrogens with one attached hydrogen (secondary N) is 1. The molecule has 3 aromatic carbocycles. The van der Waals surface area contributed by atoms with E-state index in [0.29, 0.717) is 58.9 Å². The molecule has 4 atom stereocenters. The van der Waals surface area contributed by atoms with E-state index in [1.54, 1.807) is 40.5 Å². The summed E-state index contributed by atoms with van der Waals surface area (Å²) in [4.78, 5) is 31.9. The van der Waals surface area contributed by atoms with Crippen molar-refractivity contribution in [2.24, 2.45) is 5.92 Å². The Kier molecular flexibility index (Phi) is 10.2. The third kappa shape index (κ3) is 6.20. The number of carbonyl (C=O) groups is 2. The lowest BCUT2D eigenvalue weighted by Gasteiger charge is -2.49. The first kappa shape index (κ1) is 32.9. The molecule has 10 heteroatoms. The van der Waals surface area contributed by atoms with Crippen molar-refractivity contribution < 1.29 is 23.8 Å². The maximum atomic E-state index is 13.9. The number of benzene rings is 3. The fourth-order valence-corrected chi connectivity index (χ4v) is 7.53. The molecule has 2 heterocycles. The lowest BCUT2D eigenvalue weighted by molar-refractivity contribution is -0.129. The van der Waals surface area contributed by atoms with Crippen LogP contribution in [0.1, 0.15) is 47.2 Å². The standard InChI is InChI=1S/C35H41Cl2N3O5/c1-22(24-13-15-40(20-24)33(41)25-18-30(43-3)32(45-5)31(19-25)44-4)39-16-14-35(34(42)38-2,26-9-7-6-8-10-26)27(21-39)23-11-12-28(36)29(37)17-23/h6-12,17-19,22,24,27H,13-16,20-21H2,1-5H3,(H,38,42). The molecule has 0 spiro atoms. The Bertz CT molecular complexity index is 1510. The molecule has 0 bridgehead atoms. The molecule has 2 aliphatic heterocycles. The number of methoxy groups -OCH3 is 3. The van der Waals surface area contributed by atoms with Crippen molar-refractivity contribution in [3.63, 3.8) is 0 Å². The van der Waals surface area contributed by atoms with Crippen molar-refractivity contribution in [1.29, 1.82) is 0 Å². The maximum absolute atomic E-state index is 13.9. The predicted molar refractivity (Wildman–Crippen MR) is 177 cm³/mol. The Morgan fingerprint density at radius 1 is 0.911 bits per heavy atom. The first-order valence-corrected chi connectivity index (χ1v) is 16.0. The molecule has 3 aromatic rings. The summed E-state index contributed by atoms with van der Waals surface area (Å²) in [6.07, 6.45) is 1.51. The number of piperidine rings is 1. The highest BCUT2D eigenvalue weighted by Gasteiger charge is 2.51. The van der Waals surface area contributed by atoms with E-state index in [1.165, 1.54) is 0 Å². The number of ether oxygens (including phenoxy) is 3. The zero-order chi connectivity index (χ0) is 32.3. The molecule has 0 radical (unpaired) electrons. The van der Waals surface area contributed by atoms with Crippen LogP contribution in [0, 0.1) is 5.92 Å². The van der Waals surface area contributed by atoms with Gasteiger partial charge in [-0.2, -0.15) is 0 Å². The molecule has 4 unspecified atom stereocenters. The third-order valence-electron chi connectivity index (χ3n) is 9.75. The fourth-order valence-electron chi connectivity index (χ4n) is 7.22. The molecule has 2 saturated heterocycles. The van der Waals surface area contributed by atoms with E-state index in [1.807, 2.05) is 53.4 Å². The number of amides is 2. The van der Waals surface area contributed by atoms with E-state index in [-0.39, 0.29) is 29.7 Å². The predicted octanol–water partition coefficient (Wildman–Crippen LogP) is 6.04. The number of hydrogen-bond acceptors (Lipinski definition) is 6. The minimum absolute atomic E-state index is 0.0138. The summed E-state index contributed by atoms with van der Waals surface area (Å²) in [5.74, 6) is 1.35. The van der Waals surface area contributed by atoms with E-state index in [2.05, 4.69) is 17.1 Å². The molecule has 1 N–H and O–H groups in total. The van der Waals surface area contributed by atoms with Gasteiger partial charge < -0.3 is 24.4 Å². The molecule has 2 amide bonds. The van der Waals surface area contributed by atoms with Crippen LogP contribution in [0.25, 0.3) is 0 Å². The highest BCUT2D eigenvalue weighted by Crippen LogP contribution is 2.48. The smallest absolute Gasteiger partial charge is 0.254 e. The topological polar surface area (TPSA) is 80.3 Å². The Morgan fingerprint density at radius 3 is 2.20 bits per heavy atom. The zero-order valence-electron chi connectivity index (χ0n) is 26.4. The van der Waals surface area contributed by atoms with Crippen molar-refractivity contribution >= 4 is 35.0 Å². The summed E-state index contributed by atoms with van der Waals surface area (Å²) in [6, 6.07) is 19.3. The molecule has 2 aliphatic rings. The van der Waals surface area contributed by atoms with Crippen molar-refractivity contribution in [2.45, 2.75) is 37.1 Å². The van der Waals surface area contributed by atoms with E-state index in [9.17, 15) is 9.59 Å². The fraction of sp³-hybridized carbons (Fsp3) is 0.429. The molecule has 0 saturated carbocycles. The van der Waals surface area contributed by atoms with Gasteiger partial charge in [0.25, 0.3) is 5.91 Å². The van der Waals surface area contributed by atoms with Crippen LogP contribution in [-0.4, -0.2) is 82.2 Å². The van der Waals surface area contributed by atoms with Crippen molar-refractivity contribution in [3.05, 3.63) is 87.4 Å². The van der Waals surface area contributed by atoms with Crippen LogP contribution in [0.5, 0.6) is 17.2 Å². The van der Waals surface area contributed by atoms with Gasteiger partial charge in [0.15, 0.2) is 11.5 Å². The second-order valence-electron chi connectivity index (χ2n) is 11.8. The van der Waals surface area contributed by atoms with Crippen LogP contribution in [0.4, 0.5) is 0 Å². The Labute approximate surface area is 275 Å². The summed E-state index contributed by atoms with van der Waals surface area (Å²) in [5.41, 5.74) is 1.66. The van der Waals surface area contributed by atoms with Crippen LogP contribution in [0.2, 0.25) is 10.0 Å². The van der Waals surface area contributed by atoms with Crippen LogP contribution < -0.4 is 19.5 Å². The van der Waals surface area contributed by atoms with Crippen LogP contribution in [-0.2, 0) is 10.2 Å². The minimum Gasteiger partial charge on any atom is -0.493 e. The molecule has 5 rings (SSSR count). The summed E-state index contributed by atoms with van der Waals surface area (Å²) in [7, 11) is 6.32. The third-order valence-corrected chi connectivity index (χ3v) is 10.5. The first-order chi connectivity index (χ1) is 21.7. The molecule has 0 aliphatic carbocycles. The normalized spacial score (nSPS) is 22.5. The van der Waals surface area contributed by atoms with Crippen LogP contribution in [0.3, 0.4) is 0 Å². The van der Waals surface area contributed by atoms with Gasteiger partial charge in [-0.15, -0.1) is 0 Å². The van der Waals surface area contributed by atoms with Crippen LogP contribution >= 0.6 is 23.2 Å². The number of nitrogens with zero attached hydrogens (tertiary/aromatic N) is 2. The number of halogens is 2. The van der Waals surface area contributed by atoms with Crippen molar-refractivity contribution in [1.82, 2.24) is 15.1 Å². The van der Waals surface area contributed by atoms with Gasteiger partial charge in [0.05, 0.1) is 36.8 Å². The number of hydrogen-bond donors (Lipinski definition) is 1. The summed E-state index contributed by atoms with van der Waals surface area (Å²) in [6.45, 7) is 4.90. The number of likely N-dealkylation sites (tertiary alicyclic amines) is 2. The second kappa shape index (κ2) is 13.9. The van der Waals surface area contributed by atoms with Gasteiger partial charge in [0, 0.05) is 44.2 Å². The van der Waals surface area contributed by atoms with Gasteiger partial charge in [0.1, 0.15) is 0 Å². The van der Waals surface area contributed by atoms with Gasteiger partial charge in [-0.3, -0.25) is 14.5 Å². The van der Waals surface area contributed by atoms with Gasteiger partial charge >= 0.3 is 0 Å². The monoisotopic (exact) mass is 653 g/mol. The molecule has 45 heavy (non-hydrogen) atoms. The average Bonchev–Trinajstić information content (AvgIpc) is 3.58. The Morgan fingerprint density at radius 2 is 1.60 bits per heavy atom. The summed E-state index contributed by atoms with van der Waals surface area (Å²) in [5, 5.41) is 3.92. The molecule has 0 aromatic heterocycles. The Balaban J connectivity index is 1.40. The molecule has 8 nitrogen and oxygen atoms in total. The van der Waals surface area contributed by atoms with E-state index < -0.39 is 5.41 Å². The van der Waals surface area contributed by atoms with E-state index in [4.69, 9.17) is 37.4 Å². The second-order valence-corrected chi connectivity index (χ2v) is 12.7. The highest BCUT2D eigenvalue weighted by molar-refractivity contribution is 6.42. The van der Waals surface area contributed by atoms with Gasteiger partial charge in [-0.25, -0.2) is 0 Å². The molecule has 240 valence electrons. The molecular weight excluding hydrogens is 613 g/mol. The summed E-state index contributed by atoms with van der Waals surface area (Å²) < 4.78 is 16.4. The SMILES string of the molecule is CNC(=O)C1(c2ccccc2)CCN(C(C)C2CCN(C(=O)c3cc(OC)c(OC)c(OC)c3)C2)CC1c1ccc(Cl)c(Cl)c1. The van der Waals surface area contributed by atoms with Gasteiger partial charge in [-0.1, -0.05) is 59.6 Å². The number of likely N-dealkylation sites (N-methyl/N-ethyl adjacent to an activating group) is 1. The minimum atomic E-state index is -0.784. The van der Waals surface area contributed by atoms with Crippen LogP contribution in [0.15, 0.2) is 60.7 Å². The van der Waals surface area contributed by atoms with Crippen molar-refractivity contribution in [2.75, 3.05) is 54.6 Å². The zero-order valence-corrected chi connectivity index (χ0v) is 28.0. The molecular formula is C35H41Cl2N3O5. The average molecular weight is 655 g/mol.